The highest BCUT2D eigenvalue weighted by atomic mass is 16.2. The van der Waals surface area contributed by atoms with E-state index in [1.807, 2.05) is 11.9 Å². The van der Waals surface area contributed by atoms with Crippen LogP contribution in [0.5, 0.6) is 0 Å². The molecule has 1 atom stereocenters. The summed E-state index contributed by atoms with van der Waals surface area (Å²) in [6, 6.07) is 0.440. The van der Waals surface area contributed by atoms with Gasteiger partial charge in [0.1, 0.15) is 0 Å². The lowest BCUT2D eigenvalue weighted by atomic mass is 9.85. The predicted octanol–water partition coefficient (Wildman–Crippen LogP) is 1.65. The summed E-state index contributed by atoms with van der Waals surface area (Å²) in [5.41, 5.74) is 0.237. The average molecular weight is 155 g/mol. The van der Waals surface area contributed by atoms with Gasteiger partial charge in [0, 0.05) is 19.5 Å². The minimum Gasteiger partial charge on any atom is -0.342 e. The molecule has 2 heteroatoms. The number of hydrogen-bond acceptors (Lipinski definition) is 1. The van der Waals surface area contributed by atoms with E-state index in [4.69, 9.17) is 0 Å². The highest BCUT2D eigenvalue weighted by Gasteiger charge is 2.35. The van der Waals surface area contributed by atoms with Gasteiger partial charge in [-0.2, -0.15) is 0 Å². The molecule has 1 saturated heterocycles. The highest BCUT2D eigenvalue weighted by Crippen LogP contribution is 2.31. The van der Waals surface area contributed by atoms with Crippen molar-refractivity contribution in [1.29, 1.82) is 0 Å². The van der Waals surface area contributed by atoms with Crippen LogP contribution in [-0.4, -0.2) is 23.9 Å². The molecule has 1 rings (SSSR count). The molecule has 2 nitrogen and oxygen atoms in total. The number of rotatable bonds is 0. The summed E-state index contributed by atoms with van der Waals surface area (Å²) >= 11 is 0. The summed E-state index contributed by atoms with van der Waals surface area (Å²) in [6.45, 7) is 6.56. The molecule has 64 valence electrons. The number of amides is 1. The van der Waals surface area contributed by atoms with Crippen LogP contribution in [0.15, 0.2) is 0 Å². The van der Waals surface area contributed by atoms with Crippen LogP contribution in [0, 0.1) is 5.41 Å². The molecule has 1 amide bonds. The first-order valence-electron chi connectivity index (χ1n) is 4.18. The molecule has 0 spiro atoms. The molecule has 1 aliphatic heterocycles. The number of likely N-dealkylation sites (tertiary alicyclic amines) is 1. The van der Waals surface area contributed by atoms with Gasteiger partial charge in [-0.15, -0.1) is 0 Å². The molecule has 0 aliphatic carbocycles. The molecule has 1 heterocycles. The first-order chi connectivity index (χ1) is 4.93. The molecule has 11 heavy (non-hydrogen) atoms. The lowest BCUT2D eigenvalue weighted by Crippen LogP contribution is -2.38. The maximum absolute atomic E-state index is 11.2. The first-order valence-corrected chi connectivity index (χ1v) is 4.18. The van der Waals surface area contributed by atoms with Gasteiger partial charge in [0.2, 0.25) is 5.91 Å². The Morgan fingerprint density at radius 2 is 2.00 bits per heavy atom. The van der Waals surface area contributed by atoms with Gasteiger partial charge in [0.15, 0.2) is 0 Å². The van der Waals surface area contributed by atoms with Crippen LogP contribution in [0.25, 0.3) is 0 Å². The van der Waals surface area contributed by atoms with E-state index in [-0.39, 0.29) is 5.41 Å². The number of nitrogens with zero attached hydrogens (tertiary/aromatic N) is 1. The zero-order chi connectivity index (χ0) is 8.65. The van der Waals surface area contributed by atoms with Gasteiger partial charge in [-0.1, -0.05) is 20.8 Å². The Hall–Kier alpha value is -0.530. The second-order valence-electron chi connectivity index (χ2n) is 4.43. The maximum Gasteiger partial charge on any atom is 0.222 e. The Morgan fingerprint density at radius 1 is 1.45 bits per heavy atom. The van der Waals surface area contributed by atoms with Crippen molar-refractivity contribution in [2.75, 3.05) is 7.05 Å². The number of carbonyl (C=O) groups is 1. The van der Waals surface area contributed by atoms with E-state index >= 15 is 0 Å². The third kappa shape index (κ3) is 1.55. The summed E-state index contributed by atoms with van der Waals surface area (Å²) in [5.74, 6) is 0.296. The van der Waals surface area contributed by atoms with Crippen LogP contribution < -0.4 is 0 Å². The Labute approximate surface area is 68.6 Å². The topological polar surface area (TPSA) is 20.3 Å². The molecule has 0 aromatic carbocycles. The summed E-state index contributed by atoms with van der Waals surface area (Å²) < 4.78 is 0. The molecule has 0 unspecified atom stereocenters. The fourth-order valence-corrected chi connectivity index (χ4v) is 1.82. The third-order valence-corrected chi connectivity index (χ3v) is 2.49. The molecule has 0 saturated carbocycles. The molecular weight excluding hydrogens is 138 g/mol. The van der Waals surface area contributed by atoms with E-state index in [2.05, 4.69) is 20.8 Å². The summed E-state index contributed by atoms with van der Waals surface area (Å²) in [6.07, 6.45) is 1.76. The van der Waals surface area contributed by atoms with E-state index in [0.717, 1.165) is 12.8 Å². The third-order valence-electron chi connectivity index (χ3n) is 2.49. The van der Waals surface area contributed by atoms with E-state index in [9.17, 15) is 4.79 Å². The summed E-state index contributed by atoms with van der Waals surface area (Å²) in [7, 11) is 1.91. The van der Waals surface area contributed by atoms with Gasteiger partial charge in [-0.3, -0.25) is 4.79 Å². The monoisotopic (exact) mass is 155 g/mol. The summed E-state index contributed by atoms with van der Waals surface area (Å²) in [5, 5.41) is 0. The molecule has 0 aromatic heterocycles. The minimum atomic E-state index is 0.237. The maximum atomic E-state index is 11.2. The van der Waals surface area contributed by atoms with Crippen LogP contribution in [0.4, 0.5) is 0 Å². The van der Waals surface area contributed by atoms with Gasteiger partial charge >= 0.3 is 0 Å². The molecule has 0 bridgehead atoms. The molecular formula is C9H17NO. The van der Waals surface area contributed by atoms with Crippen molar-refractivity contribution in [3.63, 3.8) is 0 Å². The van der Waals surface area contributed by atoms with Crippen molar-refractivity contribution in [2.24, 2.45) is 5.41 Å². The van der Waals surface area contributed by atoms with Crippen LogP contribution in [0.2, 0.25) is 0 Å². The molecule has 1 aliphatic rings. The smallest absolute Gasteiger partial charge is 0.222 e. The summed E-state index contributed by atoms with van der Waals surface area (Å²) in [4.78, 5) is 13.0. The number of carbonyl (C=O) groups excluding carboxylic acids is 1. The van der Waals surface area contributed by atoms with Gasteiger partial charge in [0.25, 0.3) is 0 Å². The van der Waals surface area contributed by atoms with E-state index in [0.29, 0.717) is 11.9 Å². The highest BCUT2D eigenvalue weighted by molar-refractivity contribution is 5.78. The Morgan fingerprint density at radius 3 is 2.18 bits per heavy atom. The SMILES string of the molecule is CN1C(=O)CC[C@H]1C(C)(C)C. The van der Waals surface area contributed by atoms with Gasteiger partial charge in [-0.05, 0) is 11.8 Å². The molecule has 0 N–H and O–H groups in total. The minimum absolute atomic E-state index is 0.237. The van der Waals surface area contributed by atoms with Crippen LogP contribution in [0.3, 0.4) is 0 Å². The Balaban J connectivity index is 2.70. The number of hydrogen-bond donors (Lipinski definition) is 0. The van der Waals surface area contributed by atoms with Crippen molar-refractivity contribution < 1.29 is 4.79 Å². The van der Waals surface area contributed by atoms with Crippen LogP contribution in [-0.2, 0) is 4.79 Å². The quantitative estimate of drug-likeness (QED) is 0.521. The van der Waals surface area contributed by atoms with Crippen molar-refractivity contribution >= 4 is 5.91 Å². The second kappa shape index (κ2) is 2.50. The van der Waals surface area contributed by atoms with E-state index in [1.54, 1.807) is 0 Å². The Bertz CT molecular complexity index is 169. The molecule has 0 aromatic rings. The van der Waals surface area contributed by atoms with E-state index < -0.39 is 0 Å². The standard InChI is InChI=1S/C9H17NO/c1-9(2,3)7-5-6-8(11)10(7)4/h7H,5-6H2,1-4H3/t7-/m0/s1. The molecule has 0 radical (unpaired) electrons. The van der Waals surface area contributed by atoms with E-state index in [1.165, 1.54) is 0 Å². The van der Waals surface area contributed by atoms with Gasteiger partial charge in [-0.25, -0.2) is 0 Å². The van der Waals surface area contributed by atoms with Crippen molar-refractivity contribution in [3.05, 3.63) is 0 Å². The Kier molecular flexibility index (Phi) is 1.95. The zero-order valence-corrected chi connectivity index (χ0v) is 7.85. The van der Waals surface area contributed by atoms with Crippen LogP contribution in [0.1, 0.15) is 33.6 Å². The largest absolute Gasteiger partial charge is 0.342 e. The van der Waals surface area contributed by atoms with Crippen LogP contribution >= 0.6 is 0 Å². The predicted molar refractivity (Wildman–Crippen MR) is 45.2 cm³/mol. The van der Waals surface area contributed by atoms with Crippen molar-refractivity contribution in [2.45, 2.75) is 39.7 Å². The second-order valence-corrected chi connectivity index (χ2v) is 4.43. The fourth-order valence-electron chi connectivity index (χ4n) is 1.82. The van der Waals surface area contributed by atoms with Crippen molar-refractivity contribution in [1.82, 2.24) is 4.90 Å². The van der Waals surface area contributed by atoms with Crippen molar-refractivity contribution in [3.8, 4) is 0 Å². The fraction of sp³-hybridized carbons (Fsp3) is 0.889. The first kappa shape index (κ1) is 8.57. The lowest BCUT2D eigenvalue weighted by molar-refractivity contribution is -0.128. The van der Waals surface area contributed by atoms with Gasteiger partial charge in [0.05, 0.1) is 0 Å². The molecule has 1 fully saturated rings. The lowest BCUT2D eigenvalue weighted by Gasteiger charge is -2.32. The van der Waals surface area contributed by atoms with Gasteiger partial charge < -0.3 is 4.90 Å². The average Bonchev–Trinajstić information content (AvgIpc) is 2.11. The normalized spacial score (nSPS) is 26.4. The zero-order valence-electron chi connectivity index (χ0n) is 7.85.